The van der Waals surface area contributed by atoms with Crippen molar-refractivity contribution in [2.24, 2.45) is 7.05 Å². The van der Waals surface area contributed by atoms with E-state index >= 15 is 0 Å². The van der Waals surface area contributed by atoms with Crippen LogP contribution in [-0.4, -0.2) is 31.2 Å². The second-order valence-electron chi connectivity index (χ2n) is 4.97. The molecule has 8 nitrogen and oxygen atoms in total. The zero-order chi connectivity index (χ0) is 16.4. The van der Waals surface area contributed by atoms with E-state index in [1.807, 2.05) is 0 Å². The highest BCUT2D eigenvalue weighted by Crippen LogP contribution is 2.32. The van der Waals surface area contributed by atoms with Gasteiger partial charge in [0.05, 0.1) is 18.1 Å². The third-order valence-electron chi connectivity index (χ3n) is 3.24. The lowest BCUT2D eigenvalue weighted by Crippen LogP contribution is -2.22. The number of fused-ring (bicyclic) bond motifs is 1. The number of anilines is 1. The Bertz CT molecular complexity index is 898. The Morgan fingerprint density at radius 2 is 1.88 bits per heavy atom. The van der Waals surface area contributed by atoms with Crippen LogP contribution in [0.2, 0.25) is 0 Å². The third kappa shape index (κ3) is 3.98. The Morgan fingerprint density at radius 1 is 1.17 bits per heavy atom. The average molecular weight is 465 g/mol. The van der Waals surface area contributed by atoms with Crippen LogP contribution in [0.5, 0.6) is 11.5 Å². The molecule has 2 heterocycles. The number of rotatable bonds is 3. The maximum absolute atomic E-state index is 12.4. The summed E-state index contributed by atoms with van der Waals surface area (Å²) in [6, 6.07) is 5.76. The first-order valence-electron chi connectivity index (χ1n) is 6.92. The first-order valence-corrected chi connectivity index (χ1v) is 8.40. The first kappa shape index (κ1) is 18.5. The maximum Gasteiger partial charge on any atom is 0.349 e. The zero-order valence-electron chi connectivity index (χ0n) is 12.8. The van der Waals surface area contributed by atoms with E-state index in [0.29, 0.717) is 24.7 Å². The van der Waals surface area contributed by atoms with Crippen LogP contribution in [0.25, 0.3) is 0 Å². The van der Waals surface area contributed by atoms with Crippen molar-refractivity contribution in [2.45, 2.75) is 11.3 Å². The van der Waals surface area contributed by atoms with Gasteiger partial charge in [-0.2, -0.15) is 4.98 Å². The average Bonchev–Trinajstić information content (AvgIpc) is 2.75. The molecule has 0 bridgehead atoms. The van der Waals surface area contributed by atoms with Crippen LogP contribution in [0.1, 0.15) is 6.42 Å². The van der Waals surface area contributed by atoms with Gasteiger partial charge in [-0.3, -0.25) is 4.72 Å². The van der Waals surface area contributed by atoms with Crippen molar-refractivity contribution >= 4 is 39.8 Å². The third-order valence-corrected chi connectivity index (χ3v) is 4.59. The van der Waals surface area contributed by atoms with Crippen molar-refractivity contribution < 1.29 is 17.9 Å². The van der Waals surface area contributed by atoms with E-state index in [1.165, 1.54) is 36.0 Å². The summed E-state index contributed by atoms with van der Waals surface area (Å²) < 4.78 is 39.3. The number of hydrogen-bond donors (Lipinski definition) is 1. The molecule has 0 amide bonds. The van der Waals surface area contributed by atoms with E-state index in [-0.39, 0.29) is 34.7 Å². The number of halogens is 1. The minimum Gasteiger partial charge on any atom is -0.490 e. The Kier molecular flexibility index (Phi) is 5.70. The van der Waals surface area contributed by atoms with Gasteiger partial charge in [0.1, 0.15) is 5.82 Å². The molecule has 0 atom stereocenters. The number of hydrogen-bond acceptors (Lipinski definition) is 6. The predicted octanol–water partition coefficient (Wildman–Crippen LogP) is 1.36. The maximum atomic E-state index is 12.4. The highest BCUT2D eigenvalue weighted by Gasteiger charge is 2.19. The molecule has 0 saturated heterocycles. The van der Waals surface area contributed by atoms with Gasteiger partial charge in [-0.1, -0.05) is 0 Å². The fourth-order valence-corrected chi connectivity index (χ4v) is 3.05. The number of nitrogens with one attached hydrogen (secondary N) is 1. The predicted molar refractivity (Wildman–Crippen MR) is 97.8 cm³/mol. The monoisotopic (exact) mass is 465 g/mol. The standard InChI is InChI=1S/C14H15N3O5S.HI/c1-17-6-5-13(15-14(17)18)16-23(19,20)10-3-4-11-12(9-10)22-8-2-7-21-11;/h3-6,9H,2,7-8H2,1H3,(H,15,16,18);1H. The molecule has 10 heteroatoms. The number of sulfonamides is 1. The molecule has 1 aromatic heterocycles. The van der Waals surface area contributed by atoms with Gasteiger partial charge in [0.25, 0.3) is 10.0 Å². The molecule has 0 aliphatic carbocycles. The molecule has 24 heavy (non-hydrogen) atoms. The highest BCUT2D eigenvalue weighted by atomic mass is 127. The summed E-state index contributed by atoms with van der Waals surface area (Å²) in [5.41, 5.74) is -0.552. The lowest BCUT2D eigenvalue weighted by molar-refractivity contribution is 0.297. The molecule has 2 aromatic rings. The van der Waals surface area contributed by atoms with Gasteiger partial charge < -0.3 is 14.0 Å². The number of ether oxygens (including phenoxy) is 2. The minimum absolute atomic E-state index is 0. The smallest absolute Gasteiger partial charge is 0.349 e. The lowest BCUT2D eigenvalue weighted by Gasteiger charge is -2.11. The Labute approximate surface area is 155 Å². The number of aromatic nitrogens is 2. The van der Waals surface area contributed by atoms with E-state index in [1.54, 1.807) is 6.07 Å². The van der Waals surface area contributed by atoms with Gasteiger partial charge in [-0.15, -0.1) is 24.0 Å². The molecule has 0 fully saturated rings. The molecule has 130 valence electrons. The summed E-state index contributed by atoms with van der Waals surface area (Å²) in [6.07, 6.45) is 2.16. The van der Waals surface area contributed by atoms with Crippen LogP contribution in [0.4, 0.5) is 5.82 Å². The molecular weight excluding hydrogens is 449 g/mol. The molecular formula is C14H16IN3O5S. The summed E-state index contributed by atoms with van der Waals surface area (Å²) in [5, 5.41) is 0. The molecule has 1 aliphatic heterocycles. The summed E-state index contributed by atoms with van der Waals surface area (Å²) in [6.45, 7) is 0.981. The SMILES string of the molecule is Cn1ccc(NS(=O)(=O)c2ccc3c(c2)OCCCO3)nc1=O.I. The summed E-state index contributed by atoms with van der Waals surface area (Å²) >= 11 is 0. The fraction of sp³-hybridized carbons (Fsp3) is 0.286. The van der Waals surface area contributed by atoms with Crippen LogP contribution < -0.4 is 19.9 Å². The molecule has 0 saturated carbocycles. The normalized spacial score (nSPS) is 13.5. The second kappa shape index (κ2) is 7.38. The number of benzene rings is 1. The van der Waals surface area contributed by atoms with Crippen molar-refractivity contribution in [3.8, 4) is 11.5 Å². The molecule has 1 N–H and O–H groups in total. The highest BCUT2D eigenvalue weighted by molar-refractivity contribution is 14.0. The van der Waals surface area contributed by atoms with Gasteiger partial charge >= 0.3 is 5.69 Å². The Hall–Kier alpha value is -1.82. The van der Waals surface area contributed by atoms with E-state index in [0.717, 1.165) is 6.42 Å². The van der Waals surface area contributed by atoms with E-state index in [9.17, 15) is 13.2 Å². The van der Waals surface area contributed by atoms with E-state index in [2.05, 4.69) is 9.71 Å². The van der Waals surface area contributed by atoms with Crippen molar-refractivity contribution in [1.29, 1.82) is 0 Å². The van der Waals surface area contributed by atoms with Gasteiger partial charge in [-0.25, -0.2) is 13.2 Å². The topological polar surface area (TPSA) is 99.5 Å². The molecule has 0 spiro atoms. The van der Waals surface area contributed by atoms with Gasteiger partial charge in [0, 0.05) is 25.7 Å². The Morgan fingerprint density at radius 3 is 2.58 bits per heavy atom. The quantitative estimate of drug-likeness (QED) is 0.688. The molecule has 1 aromatic carbocycles. The van der Waals surface area contributed by atoms with Crippen molar-refractivity contribution in [3.63, 3.8) is 0 Å². The van der Waals surface area contributed by atoms with Crippen molar-refractivity contribution in [1.82, 2.24) is 9.55 Å². The Balaban J connectivity index is 0.00000208. The summed E-state index contributed by atoms with van der Waals surface area (Å²) in [5.74, 6) is 0.843. The molecule has 1 aliphatic rings. The van der Waals surface area contributed by atoms with Crippen LogP contribution in [-0.2, 0) is 17.1 Å². The van der Waals surface area contributed by atoms with Crippen molar-refractivity contribution in [3.05, 3.63) is 40.9 Å². The van der Waals surface area contributed by atoms with Crippen LogP contribution in [0, 0.1) is 0 Å². The van der Waals surface area contributed by atoms with Crippen LogP contribution in [0.3, 0.4) is 0 Å². The van der Waals surface area contributed by atoms with Crippen molar-refractivity contribution in [2.75, 3.05) is 17.9 Å². The first-order chi connectivity index (χ1) is 11.0. The fourth-order valence-electron chi connectivity index (χ4n) is 2.03. The van der Waals surface area contributed by atoms with Crippen LogP contribution in [0.15, 0.2) is 40.2 Å². The zero-order valence-corrected chi connectivity index (χ0v) is 15.9. The van der Waals surface area contributed by atoms with E-state index in [4.69, 9.17) is 9.47 Å². The molecule has 3 rings (SSSR count). The van der Waals surface area contributed by atoms with Gasteiger partial charge in [0.2, 0.25) is 0 Å². The largest absolute Gasteiger partial charge is 0.490 e. The minimum atomic E-state index is -3.88. The number of aryl methyl sites for hydroxylation is 1. The lowest BCUT2D eigenvalue weighted by atomic mass is 10.3. The molecule has 0 unspecified atom stereocenters. The van der Waals surface area contributed by atoms with Gasteiger partial charge in [-0.05, 0) is 18.2 Å². The molecule has 0 radical (unpaired) electrons. The van der Waals surface area contributed by atoms with E-state index < -0.39 is 15.7 Å². The summed E-state index contributed by atoms with van der Waals surface area (Å²) in [7, 11) is -2.36. The van der Waals surface area contributed by atoms with Gasteiger partial charge in [0.15, 0.2) is 11.5 Å². The summed E-state index contributed by atoms with van der Waals surface area (Å²) in [4.78, 5) is 15.1. The van der Waals surface area contributed by atoms with Crippen LogP contribution >= 0.6 is 24.0 Å². The second-order valence-corrected chi connectivity index (χ2v) is 6.65. The number of nitrogens with zero attached hydrogens (tertiary/aromatic N) is 2.